The predicted octanol–water partition coefficient (Wildman–Crippen LogP) is 5.47. The number of methoxy groups -OCH3 is 1. The second kappa shape index (κ2) is 11.9. The maximum atomic E-state index is 14.3. The largest absolute Gasteiger partial charge is 0.497 e. The van der Waals surface area contributed by atoms with E-state index in [2.05, 4.69) is 25.9 Å². The van der Waals surface area contributed by atoms with Crippen molar-refractivity contribution in [1.82, 2.24) is 4.90 Å². The fourth-order valence-corrected chi connectivity index (χ4v) is 5.38. The van der Waals surface area contributed by atoms with Crippen molar-refractivity contribution in [1.29, 1.82) is 0 Å². The molecule has 2 aliphatic rings. The van der Waals surface area contributed by atoms with E-state index in [1.54, 1.807) is 25.3 Å². The molecular formula is C32H36N2O6. The van der Waals surface area contributed by atoms with Crippen molar-refractivity contribution >= 4 is 11.9 Å². The van der Waals surface area contributed by atoms with Gasteiger partial charge in [-0.2, -0.15) is 4.91 Å². The molecule has 1 amide bonds. The van der Waals surface area contributed by atoms with E-state index in [1.165, 1.54) is 4.90 Å². The van der Waals surface area contributed by atoms with Crippen LogP contribution in [0, 0.1) is 16.2 Å². The van der Waals surface area contributed by atoms with Crippen molar-refractivity contribution in [3.05, 3.63) is 106 Å². The lowest BCUT2D eigenvalue weighted by Crippen LogP contribution is -2.62. The van der Waals surface area contributed by atoms with E-state index in [1.807, 2.05) is 54.6 Å². The molecule has 1 N–H and O–H groups in total. The average Bonchev–Trinajstić information content (AvgIpc) is 3.16. The lowest BCUT2D eigenvalue weighted by Gasteiger charge is -2.46. The molecule has 2 aromatic rings. The summed E-state index contributed by atoms with van der Waals surface area (Å²) in [6, 6.07) is 14.8. The number of rotatable bonds is 9. The van der Waals surface area contributed by atoms with Gasteiger partial charge in [-0.3, -0.25) is 4.79 Å². The summed E-state index contributed by atoms with van der Waals surface area (Å²) in [6.07, 6.45) is 7.64. The molecule has 4 rings (SSSR count). The first-order valence-corrected chi connectivity index (χ1v) is 13.4. The van der Waals surface area contributed by atoms with Crippen molar-refractivity contribution in [3.63, 3.8) is 0 Å². The van der Waals surface area contributed by atoms with Gasteiger partial charge < -0.3 is 19.5 Å². The lowest BCUT2D eigenvalue weighted by atomic mass is 9.77. The number of benzene rings is 2. The van der Waals surface area contributed by atoms with E-state index in [4.69, 9.17) is 9.47 Å². The third kappa shape index (κ3) is 6.01. The maximum absolute atomic E-state index is 14.3. The molecule has 8 heteroatoms. The minimum absolute atomic E-state index is 0.0215. The number of carbonyl (C=O) groups excluding carboxylic acids is 1. The standard InChI is InChI=1S/C32H36N2O6/c1-31(2,3)27-12-8-11-23(18-28(27)39-4)29(35)34-21-25-17-26(40-16-15-33-38)14-13-24(25)20-32(34,30(36)37)19-22-9-6-5-7-10-22/h5-14,17-18,23H,15-16,19-21H2,1-4H3,(H,36,37). The fourth-order valence-electron chi connectivity index (χ4n) is 5.38. The molecular weight excluding hydrogens is 508 g/mol. The minimum Gasteiger partial charge on any atom is -0.497 e. The summed E-state index contributed by atoms with van der Waals surface area (Å²) in [5, 5.41) is 13.6. The zero-order chi connectivity index (χ0) is 28.9. The lowest BCUT2D eigenvalue weighted by molar-refractivity contribution is -0.162. The summed E-state index contributed by atoms with van der Waals surface area (Å²) >= 11 is 0. The number of fused-ring (bicyclic) bond motifs is 1. The second-order valence-corrected chi connectivity index (χ2v) is 11.2. The highest BCUT2D eigenvalue weighted by atomic mass is 16.5. The van der Waals surface area contributed by atoms with Crippen LogP contribution in [0.15, 0.2) is 89.3 Å². The molecule has 0 radical (unpaired) electrons. The highest BCUT2D eigenvalue weighted by Gasteiger charge is 2.50. The van der Waals surface area contributed by atoms with Gasteiger partial charge in [-0.1, -0.05) is 80.6 Å². The first-order valence-electron chi connectivity index (χ1n) is 13.4. The summed E-state index contributed by atoms with van der Waals surface area (Å²) in [5.41, 5.74) is 1.69. The van der Waals surface area contributed by atoms with Crippen LogP contribution >= 0.6 is 0 Å². The van der Waals surface area contributed by atoms with Crippen LogP contribution in [0.25, 0.3) is 0 Å². The Labute approximate surface area is 235 Å². The van der Waals surface area contributed by atoms with Gasteiger partial charge in [0.25, 0.3) is 0 Å². The topological polar surface area (TPSA) is 105 Å². The third-order valence-electron chi connectivity index (χ3n) is 7.45. The van der Waals surface area contributed by atoms with Crippen LogP contribution in [-0.4, -0.2) is 47.7 Å². The Bertz CT molecular complexity index is 1360. The highest BCUT2D eigenvalue weighted by Crippen LogP contribution is 2.39. The number of ether oxygens (including phenoxy) is 2. The summed E-state index contributed by atoms with van der Waals surface area (Å²) < 4.78 is 11.4. The Hall–Kier alpha value is -4.20. The van der Waals surface area contributed by atoms with Crippen LogP contribution in [0.2, 0.25) is 0 Å². The molecule has 210 valence electrons. The second-order valence-electron chi connectivity index (χ2n) is 11.2. The molecule has 2 atom stereocenters. The van der Waals surface area contributed by atoms with Crippen molar-refractivity contribution < 1.29 is 24.2 Å². The molecule has 0 fully saturated rings. The van der Waals surface area contributed by atoms with Gasteiger partial charge in [0.1, 0.15) is 30.2 Å². The van der Waals surface area contributed by atoms with Crippen LogP contribution in [0.4, 0.5) is 0 Å². The number of carboxylic acid groups (broad SMARTS) is 1. The number of amides is 1. The number of nitroso groups, excluding NO2 is 1. The number of nitrogens with zero attached hydrogens (tertiary/aromatic N) is 2. The van der Waals surface area contributed by atoms with E-state index < -0.39 is 17.4 Å². The first-order chi connectivity index (χ1) is 19.1. The van der Waals surface area contributed by atoms with E-state index in [-0.39, 0.29) is 43.9 Å². The number of hydrogen-bond acceptors (Lipinski definition) is 6. The number of hydrogen-bond donors (Lipinski definition) is 1. The van der Waals surface area contributed by atoms with E-state index in [9.17, 15) is 19.6 Å². The smallest absolute Gasteiger partial charge is 0.330 e. The summed E-state index contributed by atoms with van der Waals surface area (Å²) in [4.78, 5) is 39.5. The maximum Gasteiger partial charge on any atom is 0.330 e. The van der Waals surface area contributed by atoms with Crippen molar-refractivity contribution in [2.75, 3.05) is 20.3 Å². The molecule has 0 aromatic heterocycles. The van der Waals surface area contributed by atoms with Gasteiger partial charge in [0, 0.05) is 19.4 Å². The van der Waals surface area contributed by atoms with E-state index >= 15 is 0 Å². The predicted molar refractivity (Wildman–Crippen MR) is 153 cm³/mol. The SMILES string of the molecule is COC1=CC(C(=O)N2Cc3cc(OCCN=O)ccc3CC2(Cc2ccccc2)C(=O)O)C=CC=C1C(C)(C)C. The Morgan fingerprint density at radius 2 is 1.88 bits per heavy atom. The Morgan fingerprint density at radius 1 is 1.12 bits per heavy atom. The minimum atomic E-state index is -1.50. The number of allylic oxidation sites excluding steroid dienone is 3. The molecule has 0 saturated carbocycles. The number of carboxylic acids is 1. The molecule has 0 saturated heterocycles. The molecule has 0 spiro atoms. The number of aliphatic carboxylic acids is 1. The molecule has 40 heavy (non-hydrogen) atoms. The van der Waals surface area contributed by atoms with Crippen LogP contribution in [0.3, 0.4) is 0 Å². The van der Waals surface area contributed by atoms with Crippen molar-refractivity contribution in [2.45, 2.75) is 45.7 Å². The number of carbonyl (C=O) groups is 2. The molecule has 1 aliphatic carbocycles. The van der Waals surface area contributed by atoms with Gasteiger partial charge in [0.15, 0.2) is 0 Å². The van der Waals surface area contributed by atoms with Gasteiger partial charge in [-0.25, -0.2) is 4.79 Å². The summed E-state index contributed by atoms with van der Waals surface area (Å²) in [5.74, 6) is -0.975. The van der Waals surface area contributed by atoms with Crippen molar-refractivity contribution in [2.24, 2.45) is 16.5 Å². The third-order valence-corrected chi connectivity index (χ3v) is 7.45. The summed E-state index contributed by atoms with van der Waals surface area (Å²) in [6.45, 7) is 6.47. The normalized spacial score (nSPS) is 20.5. The Morgan fingerprint density at radius 3 is 2.52 bits per heavy atom. The van der Waals surface area contributed by atoms with Gasteiger partial charge in [0.2, 0.25) is 5.91 Å². The zero-order valence-electron chi connectivity index (χ0n) is 23.4. The Balaban J connectivity index is 1.78. The van der Waals surface area contributed by atoms with Crippen LogP contribution in [0.1, 0.15) is 37.5 Å². The van der Waals surface area contributed by atoms with Crippen molar-refractivity contribution in [3.8, 4) is 5.75 Å². The van der Waals surface area contributed by atoms with Gasteiger partial charge in [-0.05, 0) is 45.9 Å². The monoisotopic (exact) mass is 544 g/mol. The first kappa shape index (κ1) is 28.8. The summed E-state index contributed by atoms with van der Waals surface area (Å²) in [7, 11) is 1.58. The van der Waals surface area contributed by atoms with Gasteiger partial charge in [0.05, 0.1) is 13.0 Å². The molecule has 1 aliphatic heterocycles. The van der Waals surface area contributed by atoms with Gasteiger partial charge in [-0.15, -0.1) is 0 Å². The average molecular weight is 545 g/mol. The van der Waals surface area contributed by atoms with Crippen LogP contribution < -0.4 is 4.74 Å². The fraction of sp³-hybridized carbons (Fsp3) is 0.375. The zero-order valence-corrected chi connectivity index (χ0v) is 23.4. The van der Waals surface area contributed by atoms with Crippen LogP contribution in [-0.2, 0) is 33.7 Å². The molecule has 0 bridgehead atoms. The molecule has 2 unspecified atom stereocenters. The molecule has 2 aromatic carbocycles. The quantitative estimate of drug-likeness (QED) is 0.331. The van der Waals surface area contributed by atoms with E-state index in [0.29, 0.717) is 11.5 Å². The Kier molecular flexibility index (Phi) is 8.57. The highest BCUT2D eigenvalue weighted by molar-refractivity contribution is 5.91. The van der Waals surface area contributed by atoms with Gasteiger partial charge >= 0.3 is 5.97 Å². The van der Waals surface area contributed by atoms with E-state index in [0.717, 1.165) is 22.3 Å². The van der Waals surface area contributed by atoms with Crippen LogP contribution in [0.5, 0.6) is 5.75 Å². The molecule has 1 heterocycles. The molecule has 8 nitrogen and oxygen atoms in total.